The van der Waals surface area contributed by atoms with Crippen molar-refractivity contribution in [3.63, 3.8) is 0 Å². The molecule has 2 rings (SSSR count). The highest BCUT2D eigenvalue weighted by Crippen LogP contribution is 2.22. The van der Waals surface area contributed by atoms with E-state index in [-0.39, 0.29) is 15.1 Å². The fraction of sp³-hybridized carbons (Fsp3) is 0.231. The summed E-state index contributed by atoms with van der Waals surface area (Å²) in [5, 5.41) is 3.10. The van der Waals surface area contributed by atoms with Crippen molar-refractivity contribution in [2.24, 2.45) is 0 Å². The molecule has 0 saturated heterocycles. The zero-order valence-electron chi connectivity index (χ0n) is 11.3. The van der Waals surface area contributed by atoms with Crippen LogP contribution in [-0.2, 0) is 16.6 Å². The van der Waals surface area contributed by atoms with Gasteiger partial charge in [-0.2, -0.15) is 0 Å². The minimum atomic E-state index is -3.70. The molecule has 0 aliphatic carbocycles. The molecular weight excluding hydrogens is 361 g/mol. The maximum Gasteiger partial charge on any atom is 0.263 e. The van der Waals surface area contributed by atoms with E-state index in [1.54, 1.807) is 6.07 Å². The van der Waals surface area contributed by atoms with Crippen molar-refractivity contribution in [1.82, 2.24) is 10.3 Å². The van der Waals surface area contributed by atoms with Crippen molar-refractivity contribution < 1.29 is 12.8 Å². The van der Waals surface area contributed by atoms with Gasteiger partial charge in [0.15, 0.2) is 0 Å². The van der Waals surface area contributed by atoms with E-state index in [4.69, 9.17) is 0 Å². The summed E-state index contributed by atoms with van der Waals surface area (Å²) < 4.78 is 40.2. The third-order valence-electron chi connectivity index (χ3n) is 2.76. The van der Waals surface area contributed by atoms with E-state index in [1.165, 1.54) is 24.4 Å². The SMILES string of the molecule is CCNCc1cc(S(=O)(=O)Nc2ccc(F)c(Br)c2)c[nH]1. The van der Waals surface area contributed by atoms with Gasteiger partial charge in [-0.05, 0) is 46.7 Å². The maximum absolute atomic E-state index is 13.1. The normalized spacial score (nSPS) is 11.6. The average molecular weight is 376 g/mol. The van der Waals surface area contributed by atoms with E-state index in [0.717, 1.165) is 12.2 Å². The molecule has 0 aliphatic heterocycles. The van der Waals surface area contributed by atoms with Crippen LogP contribution in [-0.4, -0.2) is 19.9 Å². The molecule has 114 valence electrons. The number of aromatic nitrogens is 1. The van der Waals surface area contributed by atoms with E-state index < -0.39 is 15.8 Å². The number of rotatable bonds is 6. The van der Waals surface area contributed by atoms with Crippen LogP contribution in [0.25, 0.3) is 0 Å². The molecule has 0 spiro atoms. The van der Waals surface area contributed by atoms with Gasteiger partial charge in [0.05, 0.1) is 10.2 Å². The lowest BCUT2D eigenvalue weighted by Gasteiger charge is -2.07. The molecule has 8 heteroatoms. The molecule has 0 amide bonds. The number of anilines is 1. The van der Waals surface area contributed by atoms with Gasteiger partial charge < -0.3 is 10.3 Å². The molecule has 5 nitrogen and oxygen atoms in total. The van der Waals surface area contributed by atoms with E-state index in [2.05, 4.69) is 31.0 Å². The van der Waals surface area contributed by atoms with Gasteiger partial charge in [0, 0.05) is 18.4 Å². The van der Waals surface area contributed by atoms with Gasteiger partial charge >= 0.3 is 0 Å². The lowest BCUT2D eigenvalue weighted by atomic mass is 10.3. The molecule has 1 heterocycles. The number of benzene rings is 1. The van der Waals surface area contributed by atoms with Gasteiger partial charge in [0.2, 0.25) is 0 Å². The predicted octanol–water partition coefficient (Wildman–Crippen LogP) is 2.83. The van der Waals surface area contributed by atoms with Crippen LogP contribution in [0.4, 0.5) is 10.1 Å². The van der Waals surface area contributed by atoms with Crippen molar-refractivity contribution in [3.05, 3.63) is 46.4 Å². The van der Waals surface area contributed by atoms with Crippen molar-refractivity contribution in [1.29, 1.82) is 0 Å². The first-order valence-electron chi connectivity index (χ1n) is 6.28. The summed E-state index contributed by atoms with van der Waals surface area (Å²) in [6, 6.07) is 5.49. The molecule has 0 fully saturated rings. The monoisotopic (exact) mass is 375 g/mol. The Morgan fingerprint density at radius 3 is 2.76 bits per heavy atom. The summed E-state index contributed by atoms with van der Waals surface area (Å²) >= 11 is 3.02. The van der Waals surface area contributed by atoms with Gasteiger partial charge in [-0.15, -0.1) is 0 Å². The largest absolute Gasteiger partial charge is 0.363 e. The molecule has 3 N–H and O–H groups in total. The van der Waals surface area contributed by atoms with Crippen molar-refractivity contribution >= 4 is 31.6 Å². The number of sulfonamides is 1. The predicted molar refractivity (Wildman–Crippen MR) is 83.1 cm³/mol. The molecule has 0 bridgehead atoms. The Kier molecular flexibility index (Phi) is 5.02. The highest BCUT2D eigenvalue weighted by molar-refractivity contribution is 9.10. The second kappa shape index (κ2) is 6.59. The Morgan fingerprint density at radius 2 is 2.10 bits per heavy atom. The molecule has 2 aromatic rings. The quantitative estimate of drug-likeness (QED) is 0.726. The zero-order valence-corrected chi connectivity index (χ0v) is 13.7. The highest BCUT2D eigenvalue weighted by atomic mass is 79.9. The third-order valence-corrected chi connectivity index (χ3v) is 4.73. The number of nitrogens with one attached hydrogen (secondary N) is 3. The Morgan fingerprint density at radius 1 is 1.33 bits per heavy atom. The van der Waals surface area contributed by atoms with Crippen LogP contribution < -0.4 is 10.0 Å². The molecule has 0 saturated carbocycles. The first kappa shape index (κ1) is 16.0. The Balaban J connectivity index is 2.17. The maximum atomic E-state index is 13.1. The number of halogens is 2. The van der Waals surface area contributed by atoms with Crippen LogP contribution >= 0.6 is 15.9 Å². The van der Waals surface area contributed by atoms with Gasteiger partial charge in [-0.25, -0.2) is 12.8 Å². The molecule has 0 unspecified atom stereocenters. The van der Waals surface area contributed by atoms with Crippen LogP contribution in [0, 0.1) is 5.82 Å². The Hall–Kier alpha value is -1.38. The van der Waals surface area contributed by atoms with Crippen LogP contribution in [0.1, 0.15) is 12.6 Å². The fourth-order valence-electron chi connectivity index (χ4n) is 1.71. The highest BCUT2D eigenvalue weighted by Gasteiger charge is 2.16. The van der Waals surface area contributed by atoms with Crippen molar-refractivity contribution in [2.75, 3.05) is 11.3 Å². The van der Waals surface area contributed by atoms with Crippen molar-refractivity contribution in [3.8, 4) is 0 Å². The topological polar surface area (TPSA) is 74.0 Å². The molecule has 21 heavy (non-hydrogen) atoms. The van der Waals surface area contributed by atoms with E-state index in [1.807, 2.05) is 6.92 Å². The van der Waals surface area contributed by atoms with E-state index in [9.17, 15) is 12.8 Å². The van der Waals surface area contributed by atoms with Gasteiger partial charge in [0.25, 0.3) is 10.0 Å². The lowest BCUT2D eigenvalue weighted by molar-refractivity contribution is 0.601. The molecular formula is C13H15BrFN3O2S. The minimum absolute atomic E-state index is 0.135. The standard InChI is InChI=1S/C13H15BrFN3O2S/c1-2-16-7-10-5-11(8-17-10)21(19,20)18-9-3-4-13(15)12(14)6-9/h3-6,8,16-18H,2,7H2,1H3. The van der Waals surface area contributed by atoms with Crippen LogP contribution in [0.15, 0.2) is 39.8 Å². The summed E-state index contributed by atoms with van der Waals surface area (Å²) in [6.07, 6.45) is 1.42. The van der Waals surface area contributed by atoms with Crippen LogP contribution in [0.3, 0.4) is 0 Å². The lowest BCUT2D eigenvalue weighted by Crippen LogP contribution is -2.13. The van der Waals surface area contributed by atoms with Gasteiger partial charge in [-0.1, -0.05) is 6.92 Å². The van der Waals surface area contributed by atoms with Gasteiger partial charge in [-0.3, -0.25) is 4.72 Å². The van der Waals surface area contributed by atoms with Crippen LogP contribution in [0.5, 0.6) is 0 Å². The van der Waals surface area contributed by atoms with Crippen LogP contribution in [0.2, 0.25) is 0 Å². The zero-order chi connectivity index (χ0) is 15.5. The first-order valence-corrected chi connectivity index (χ1v) is 8.56. The minimum Gasteiger partial charge on any atom is -0.363 e. The number of hydrogen-bond acceptors (Lipinski definition) is 3. The summed E-state index contributed by atoms with van der Waals surface area (Å²) in [5.41, 5.74) is 1.07. The first-order chi connectivity index (χ1) is 9.92. The summed E-state index contributed by atoms with van der Waals surface area (Å²) in [7, 11) is -3.70. The molecule has 1 aromatic carbocycles. The fourth-order valence-corrected chi connectivity index (χ4v) is 3.15. The Bertz CT molecular complexity index is 731. The van der Waals surface area contributed by atoms with E-state index in [0.29, 0.717) is 6.54 Å². The molecule has 1 aromatic heterocycles. The summed E-state index contributed by atoms with van der Waals surface area (Å²) in [4.78, 5) is 3.04. The van der Waals surface area contributed by atoms with E-state index >= 15 is 0 Å². The smallest absolute Gasteiger partial charge is 0.263 e. The summed E-state index contributed by atoms with van der Waals surface area (Å²) in [6.45, 7) is 3.33. The Labute approximate surface area is 131 Å². The number of hydrogen-bond donors (Lipinski definition) is 3. The van der Waals surface area contributed by atoms with Gasteiger partial charge in [0.1, 0.15) is 10.7 Å². The molecule has 0 aliphatic rings. The molecule has 0 atom stereocenters. The molecule has 0 radical (unpaired) electrons. The average Bonchev–Trinajstić information content (AvgIpc) is 2.90. The number of H-pyrrole nitrogens is 1. The van der Waals surface area contributed by atoms with Crippen molar-refractivity contribution in [2.45, 2.75) is 18.4 Å². The third kappa shape index (κ3) is 4.05. The second-order valence-electron chi connectivity index (χ2n) is 4.38. The second-order valence-corrected chi connectivity index (χ2v) is 6.91. The summed E-state index contributed by atoms with van der Waals surface area (Å²) in [5.74, 6) is -0.451. The number of aromatic amines is 1.